The van der Waals surface area contributed by atoms with Gasteiger partial charge < -0.3 is 15.3 Å². The Kier molecular flexibility index (Phi) is 4.09. The van der Waals surface area contributed by atoms with E-state index in [1.807, 2.05) is 6.92 Å². The van der Waals surface area contributed by atoms with Gasteiger partial charge in [0.2, 0.25) is 0 Å². The minimum absolute atomic E-state index is 0.0328. The van der Waals surface area contributed by atoms with E-state index in [9.17, 15) is 9.59 Å². The molecule has 2 aliphatic rings. The molecule has 18 heavy (non-hydrogen) atoms. The summed E-state index contributed by atoms with van der Waals surface area (Å²) in [6.07, 6.45) is 4.24. The zero-order chi connectivity index (χ0) is 13.1. The second-order valence-electron chi connectivity index (χ2n) is 5.62. The van der Waals surface area contributed by atoms with Gasteiger partial charge in [-0.3, -0.25) is 4.79 Å². The lowest BCUT2D eigenvalue weighted by Gasteiger charge is -2.34. The summed E-state index contributed by atoms with van der Waals surface area (Å²) < 4.78 is 0. The Morgan fingerprint density at radius 3 is 2.61 bits per heavy atom. The van der Waals surface area contributed by atoms with E-state index in [-0.39, 0.29) is 17.9 Å². The smallest absolute Gasteiger partial charge is 0.317 e. The second-order valence-corrected chi connectivity index (χ2v) is 5.62. The molecule has 0 bridgehead atoms. The number of rotatable bonds is 4. The van der Waals surface area contributed by atoms with Gasteiger partial charge in [0, 0.05) is 19.6 Å². The van der Waals surface area contributed by atoms with E-state index in [0.717, 1.165) is 18.9 Å². The summed E-state index contributed by atoms with van der Waals surface area (Å²) in [6.45, 7) is 3.75. The standard InChI is InChI=1S/C13H22N2O3/c1-9-8-15(7-5-11(9)12(16)17)13(18)14-6-4-10-2-3-10/h9-11H,2-8H2,1H3,(H,14,18)(H,16,17). The number of carboxylic acid groups (broad SMARTS) is 1. The molecule has 0 radical (unpaired) electrons. The number of carboxylic acids is 1. The van der Waals surface area contributed by atoms with Gasteiger partial charge >= 0.3 is 12.0 Å². The van der Waals surface area contributed by atoms with Gasteiger partial charge in [0.1, 0.15) is 0 Å². The second kappa shape index (κ2) is 5.59. The van der Waals surface area contributed by atoms with E-state index in [4.69, 9.17) is 5.11 Å². The molecule has 2 fully saturated rings. The van der Waals surface area contributed by atoms with Gasteiger partial charge in [0.05, 0.1) is 5.92 Å². The molecule has 0 aromatic rings. The summed E-state index contributed by atoms with van der Waals surface area (Å²) in [5.41, 5.74) is 0. The van der Waals surface area contributed by atoms with Crippen LogP contribution in [-0.2, 0) is 4.79 Å². The van der Waals surface area contributed by atoms with Crippen LogP contribution >= 0.6 is 0 Å². The number of likely N-dealkylation sites (tertiary alicyclic amines) is 1. The molecule has 102 valence electrons. The number of carbonyl (C=O) groups is 2. The topological polar surface area (TPSA) is 69.6 Å². The fourth-order valence-corrected chi connectivity index (χ4v) is 2.60. The Labute approximate surface area is 108 Å². The van der Waals surface area contributed by atoms with Crippen LogP contribution in [0.25, 0.3) is 0 Å². The molecule has 2 atom stereocenters. The predicted octanol–water partition coefficient (Wildman–Crippen LogP) is 1.54. The van der Waals surface area contributed by atoms with Crippen LogP contribution in [0.4, 0.5) is 4.79 Å². The van der Waals surface area contributed by atoms with Gasteiger partial charge in [-0.05, 0) is 24.7 Å². The Bertz CT molecular complexity index is 328. The van der Waals surface area contributed by atoms with Crippen LogP contribution in [0.5, 0.6) is 0 Å². The fraction of sp³-hybridized carbons (Fsp3) is 0.846. The molecule has 2 rings (SSSR count). The molecular formula is C13H22N2O3. The molecule has 1 aliphatic carbocycles. The van der Waals surface area contributed by atoms with Crippen LogP contribution in [0, 0.1) is 17.8 Å². The molecular weight excluding hydrogens is 232 g/mol. The number of aliphatic carboxylic acids is 1. The third-order valence-corrected chi connectivity index (χ3v) is 4.04. The Morgan fingerprint density at radius 1 is 1.33 bits per heavy atom. The van der Waals surface area contributed by atoms with Gasteiger partial charge in [-0.15, -0.1) is 0 Å². The first-order chi connectivity index (χ1) is 8.58. The van der Waals surface area contributed by atoms with Crippen LogP contribution in [0.15, 0.2) is 0 Å². The van der Waals surface area contributed by atoms with Gasteiger partial charge in [-0.2, -0.15) is 0 Å². The van der Waals surface area contributed by atoms with E-state index in [0.29, 0.717) is 19.5 Å². The molecule has 1 saturated heterocycles. The lowest BCUT2D eigenvalue weighted by molar-refractivity contribution is -0.145. The first-order valence-electron chi connectivity index (χ1n) is 6.83. The Balaban J connectivity index is 1.72. The lowest BCUT2D eigenvalue weighted by Crippen LogP contribution is -2.49. The molecule has 0 spiro atoms. The van der Waals surface area contributed by atoms with Crippen molar-refractivity contribution >= 4 is 12.0 Å². The van der Waals surface area contributed by atoms with Crippen LogP contribution in [0.1, 0.15) is 32.6 Å². The van der Waals surface area contributed by atoms with Crippen molar-refractivity contribution < 1.29 is 14.7 Å². The van der Waals surface area contributed by atoms with E-state index < -0.39 is 5.97 Å². The third-order valence-electron chi connectivity index (χ3n) is 4.04. The molecule has 1 saturated carbocycles. The third kappa shape index (κ3) is 3.37. The van der Waals surface area contributed by atoms with Crippen molar-refractivity contribution in [2.24, 2.45) is 17.8 Å². The molecule has 5 heteroatoms. The Morgan fingerprint density at radius 2 is 2.06 bits per heavy atom. The van der Waals surface area contributed by atoms with Gasteiger partial charge in [-0.25, -0.2) is 4.79 Å². The summed E-state index contributed by atoms with van der Waals surface area (Å²) in [5, 5.41) is 12.0. The number of urea groups is 1. The lowest BCUT2D eigenvalue weighted by atomic mass is 9.87. The molecule has 0 aromatic heterocycles. The molecule has 0 aromatic carbocycles. The van der Waals surface area contributed by atoms with Crippen molar-refractivity contribution in [1.82, 2.24) is 10.2 Å². The maximum absolute atomic E-state index is 11.9. The summed E-state index contributed by atoms with van der Waals surface area (Å²) in [7, 11) is 0. The molecule has 2 unspecified atom stereocenters. The maximum atomic E-state index is 11.9. The highest BCUT2D eigenvalue weighted by Crippen LogP contribution is 2.31. The van der Waals surface area contributed by atoms with Gasteiger partial charge in [0.15, 0.2) is 0 Å². The quantitative estimate of drug-likeness (QED) is 0.799. The number of piperidine rings is 1. The van der Waals surface area contributed by atoms with Crippen LogP contribution in [0.3, 0.4) is 0 Å². The van der Waals surface area contributed by atoms with Crippen LogP contribution in [-0.4, -0.2) is 41.6 Å². The monoisotopic (exact) mass is 254 g/mol. The normalized spacial score (nSPS) is 27.9. The minimum atomic E-state index is -0.740. The van der Waals surface area contributed by atoms with Crippen LogP contribution in [0.2, 0.25) is 0 Å². The first-order valence-corrected chi connectivity index (χ1v) is 6.83. The molecule has 2 amide bonds. The average Bonchev–Trinajstić information content (AvgIpc) is 3.12. The van der Waals surface area contributed by atoms with Crippen LogP contribution < -0.4 is 5.32 Å². The average molecular weight is 254 g/mol. The number of carbonyl (C=O) groups excluding carboxylic acids is 1. The van der Waals surface area contributed by atoms with Crippen molar-refractivity contribution in [2.45, 2.75) is 32.6 Å². The fourth-order valence-electron chi connectivity index (χ4n) is 2.60. The molecule has 1 heterocycles. The van der Waals surface area contributed by atoms with Gasteiger partial charge in [0.25, 0.3) is 0 Å². The highest BCUT2D eigenvalue weighted by Gasteiger charge is 2.33. The van der Waals surface area contributed by atoms with Crippen molar-refractivity contribution in [3.8, 4) is 0 Å². The summed E-state index contributed by atoms with van der Waals surface area (Å²) in [6, 6.07) is -0.0358. The number of amides is 2. The zero-order valence-corrected chi connectivity index (χ0v) is 10.9. The number of nitrogens with zero attached hydrogens (tertiary/aromatic N) is 1. The largest absolute Gasteiger partial charge is 0.481 e. The Hall–Kier alpha value is -1.26. The summed E-state index contributed by atoms with van der Waals surface area (Å²) >= 11 is 0. The SMILES string of the molecule is CC1CN(C(=O)NCCC2CC2)CCC1C(=O)O. The number of hydrogen-bond acceptors (Lipinski definition) is 2. The predicted molar refractivity (Wildman–Crippen MR) is 67.2 cm³/mol. The van der Waals surface area contributed by atoms with E-state index in [1.165, 1.54) is 12.8 Å². The minimum Gasteiger partial charge on any atom is -0.481 e. The van der Waals surface area contributed by atoms with Crippen molar-refractivity contribution in [1.29, 1.82) is 0 Å². The summed E-state index contributed by atoms with van der Waals surface area (Å²) in [4.78, 5) is 24.6. The van der Waals surface area contributed by atoms with E-state index in [1.54, 1.807) is 4.90 Å². The number of hydrogen-bond donors (Lipinski definition) is 2. The molecule has 1 aliphatic heterocycles. The van der Waals surface area contributed by atoms with Crippen molar-refractivity contribution in [3.63, 3.8) is 0 Å². The van der Waals surface area contributed by atoms with E-state index in [2.05, 4.69) is 5.32 Å². The first kappa shape index (κ1) is 13.2. The number of nitrogens with one attached hydrogen (secondary N) is 1. The van der Waals surface area contributed by atoms with Crippen molar-refractivity contribution in [3.05, 3.63) is 0 Å². The molecule has 5 nitrogen and oxygen atoms in total. The van der Waals surface area contributed by atoms with Crippen molar-refractivity contribution in [2.75, 3.05) is 19.6 Å². The summed E-state index contributed by atoms with van der Waals surface area (Å²) in [5.74, 6) is -0.191. The van der Waals surface area contributed by atoms with E-state index >= 15 is 0 Å². The highest BCUT2D eigenvalue weighted by molar-refractivity contribution is 5.75. The van der Waals surface area contributed by atoms with Gasteiger partial charge in [-0.1, -0.05) is 19.8 Å². The maximum Gasteiger partial charge on any atom is 0.317 e. The molecule has 2 N–H and O–H groups in total. The highest BCUT2D eigenvalue weighted by atomic mass is 16.4. The zero-order valence-electron chi connectivity index (χ0n) is 10.9.